The molecule has 4 rings (SSSR count). The molecule has 8 nitrogen and oxygen atoms in total. The predicted octanol–water partition coefficient (Wildman–Crippen LogP) is 4.00. The Bertz CT molecular complexity index is 1140. The van der Waals surface area contributed by atoms with E-state index in [0.717, 1.165) is 5.56 Å². The van der Waals surface area contributed by atoms with E-state index in [-0.39, 0.29) is 17.5 Å². The highest BCUT2D eigenvalue weighted by molar-refractivity contribution is 6.02. The fraction of sp³-hybridized carbons (Fsp3) is 0.190. The summed E-state index contributed by atoms with van der Waals surface area (Å²) in [4.78, 5) is 25.6. The molecular formula is C21H20N6O2. The van der Waals surface area contributed by atoms with E-state index in [2.05, 4.69) is 25.4 Å². The van der Waals surface area contributed by atoms with Crippen LogP contribution in [-0.2, 0) is 0 Å². The second kappa shape index (κ2) is 7.67. The number of amides is 1. The van der Waals surface area contributed by atoms with Crippen molar-refractivity contribution < 1.29 is 9.32 Å². The second-order valence-electron chi connectivity index (χ2n) is 6.97. The zero-order chi connectivity index (χ0) is 20.4. The van der Waals surface area contributed by atoms with Crippen molar-refractivity contribution >= 4 is 11.6 Å². The summed E-state index contributed by atoms with van der Waals surface area (Å²) in [6.07, 6.45) is 4.81. The molecule has 0 atom stereocenters. The maximum absolute atomic E-state index is 12.5. The number of pyridine rings is 1. The number of nitrogens with one attached hydrogen (secondary N) is 1. The van der Waals surface area contributed by atoms with Crippen LogP contribution in [0.15, 0.2) is 59.6 Å². The first-order valence-corrected chi connectivity index (χ1v) is 9.22. The summed E-state index contributed by atoms with van der Waals surface area (Å²) in [6.45, 7) is 5.98. The molecule has 146 valence electrons. The van der Waals surface area contributed by atoms with Gasteiger partial charge in [-0.3, -0.25) is 9.36 Å². The zero-order valence-electron chi connectivity index (χ0n) is 16.3. The van der Waals surface area contributed by atoms with Gasteiger partial charge in [-0.2, -0.15) is 4.98 Å². The monoisotopic (exact) mass is 388 g/mol. The van der Waals surface area contributed by atoms with Crippen LogP contribution in [0.2, 0.25) is 0 Å². The number of aryl methyl sites for hydroxylation is 1. The van der Waals surface area contributed by atoms with E-state index in [9.17, 15) is 4.79 Å². The molecule has 8 heteroatoms. The molecule has 0 radical (unpaired) electrons. The maximum Gasteiger partial charge on any atom is 0.275 e. The number of nitrogens with zero attached hydrogens (tertiary/aromatic N) is 5. The van der Waals surface area contributed by atoms with Crippen LogP contribution < -0.4 is 5.32 Å². The SMILES string of the molecule is Cc1ccc(NC(=O)c2cn(-c3ncccc3-c3nc(C(C)C)no3)cn2)cc1. The number of carbonyl (C=O) groups excluding carboxylic acids is 1. The third-order valence-corrected chi connectivity index (χ3v) is 4.34. The van der Waals surface area contributed by atoms with Gasteiger partial charge in [0.1, 0.15) is 12.0 Å². The fourth-order valence-corrected chi connectivity index (χ4v) is 2.74. The molecular weight excluding hydrogens is 368 g/mol. The van der Waals surface area contributed by atoms with E-state index in [1.807, 2.05) is 51.1 Å². The molecule has 29 heavy (non-hydrogen) atoms. The lowest BCUT2D eigenvalue weighted by atomic mass is 10.2. The average molecular weight is 388 g/mol. The number of anilines is 1. The van der Waals surface area contributed by atoms with Crippen LogP contribution in [0.1, 0.15) is 41.6 Å². The standard InChI is InChI=1S/C21H20N6O2/c1-13(2)18-25-21(29-26-18)16-5-4-10-22-19(16)27-11-17(23-12-27)20(28)24-15-8-6-14(3)7-9-15/h4-13H,1-3H3,(H,24,28). The Kier molecular flexibility index (Phi) is 4.90. The van der Waals surface area contributed by atoms with Crippen LogP contribution in [0.4, 0.5) is 5.69 Å². The van der Waals surface area contributed by atoms with Gasteiger partial charge in [0.25, 0.3) is 11.8 Å². The number of hydrogen-bond acceptors (Lipinski definition) is 6. The number of imidazole rings is 1. The molecule has 4 aromatic rings. The Morgan fingerprint density at radius 1 is 1.14 bits per heavy atom. The summed E-state index contributed by atoms with van der Waals surface area (Å²) in [5.74, 6) is 1.39. The summed E-state index contributed by atoms with van der Waals surface area (Å²) >= 11 is 0. The smallest absolute Gasteiger partial charge is 0.275 e. The molecule has 1 N–H and O–H groups in total. The Balaban J connectivity index is 1.61. The molecule has 0 unspecified atom stereocenters. The molecule has 0 saturated carbocycles. The maximum atomic E-state index is 12.5. The largest absolute Gasteiger partial charge is 0.334 e. The van der Waals surface area contributed by atoms with Gasteiger partial charge in [-0.1, -0.05) is 36.7 Å². The van der Waals surface area contributed by atoms with Crippen LogP contribution in [0.3, 0.4) is 0 Å². The molecule has 0 fully saturated rings. The minimum Gasteiger partial charge on any atom is -0.334 e. The Labute approximate surface area is 167 Å². The van der Waals surface area contributed by atoms with Gasteiger partial charge in [0, 0.05) is 24.0 Å². The van der Waals surface area contributed by atoms with Crippen LogP contribution in [0, 0.1) is 6.92 Å². The van der Waals surface area contributed by atoms with E-state index in [1.165, 1.54) is 6.33 Å². The van der Waals surface area contributed by atoms with Crippen LogP contribution in [0.25, 0.3) is 17.3 Å². The van der Waals surface area contributed by atoms with E-state index >= 15 is 0 Å². The Morgan fingerprint density at radius 3 is 2.66 bits per heavy atom. The molecule has 0 bridgehead atoms. The van der Waals surface area contributed by atoms with Crippen LogP contribution >= 0.6 is 0 Å². The van der Waals surface area contributed by atoms with Crippen LogP contribution in [-0.4, -0.2) is 30.6 Å². The lowest BCUT2D eigenvalue weighted by Crippen LogP contribution is -2.12. The quantitative estimate of drug-likeness (QED) is 0.555. The zero-order valence-corrected chi connectivity index (χ0v) is 16.3. The van der Waals surface area contributed by atoms with Crippen molar-refractivity contribution in [3.63, 3.8) is 0 Å². The van der Waals surface area contributed by atoms with Gasteiger partial charge in [0.15, 0.2) is 11.6 Å². The summed E-state index contributed by atoms with van der Waals surface area (Å²) < 4.78 is 7.07. The Morgan fingerprint density at radius 2 is 1.93 bits per heavy atom. The molecule has 1 aromatic carbocycles. The lowest BCUT2D eigenvalue weighted by Gasteiger charge is -2.05. The molecule has 3 heterocycles. The first kappa shape index (κ1) is 18.5. The fourth-order valence-electron chi connectivity index (χ4n) is 2.74. The molecule has 0 aliphatic carbocycles. The minimum absolute atomic E-state index is 0.151. The summed E-state index contributed by atoms with van der Waals surface area (Å²) in [6, 6.07) is 11.2. The van der Waals surface area contributed by atoms with E-state index in [1.54, 1.807) is 23.0 Å². The molecule has 0 aliphatic rings. The van der Waals surface area contributed by atoms with Crippen molar-refractivity contribution in [1.29, 1.82) is 0 Å². The molecule has 0 aliphatic heterocycles. The van der Waals surface area contributed by atoms with Gasteiger partial charge < -0.3 is 9.84 Å². The Hall–Kier alpha value is -3.81. The number of aromatic nitrogens is 5. The van der Waals surface area contributed by atoms with Crippen molar-refractivity contribution in [1.82, 2.24) is 24.7 Å². The number of carbonyl (C=O) groups is 1. The van der Waals surface area contributed by atoms with Crippen molar-refractivity contribution in [3.8, 4) is 17.3 Å². The highest BCUT2D eigenvalue weighted by Gasteiger charge is 2.18. The van der Waals surface area contributed by atoms with E-state index in [0.29, 0.717) is 28.8 Å². The molecule has 1 amide bonds. The highest BCUT2D eigenvalue weighted by atomic mass is 16.5. The number of hydrogen-bond donors (Lipinski definition) is 1. The first-order chi connectivity index (χ1) is 14.0. The van der Waals surface area contributed by atoms with E-state index < -0.39 is 0 Å². The summed E-state index contributed by atoms with van der Waals surface area (Å²) in [5, 5.41) is 6.85. The third-order valence-electron chi connectivity index (χ3n) is 4.34. The van der Waals surface area contributed by atoms with Gasteiger partial charge in [-0.15, -0.1) is 0 Å². The van der Waals surface area contributed by atoms with Crippen LogP contribution in [0.5, 0.6) is 0 Å². The van der Waals surface area contributed by atoms with Crippen molar-refractivity contribution in [3.05, 3.63) is 72.2 Å². The van der Waals surface area contributed by atoms with Crippen molar-refractivity contribution in [2.24, 2.45) is 0 Å². The van der Waals surface area contributed by atoms with Gasteiger partial charge in [0.05, 0.1) is 5.56 Å². The van der Waals surface area contributed by atoms with Gasteiger partial charge >= 0.3 is 0 Å². The summed E-state index contributed by atoms with van der Waals surface area (Å²) in [5.41, 5.74) is 2.77. The third kappa shape index (κ3) is 3.91. The minimum atomic E-state index is -0.301. The number of rotatable bonds is 5. The highest BCUT2D eigenvalue weighted by Crippen LogP contribution is 2.25. The second-order valence-corrected chi connectivity index (χ2v) is 6.97. The predicted molar refractivity (Wildman–Crippen MR) is 108 cm³/mol. The van der Waals surface area contributed by atoms with Gasteiger partial charge in [0.2, 0.25) is 0 Å². The van der Waals surface area contributed by atoms with Gasteiger partial charge in [-0.05, 0) is 31.2 Å². The topological polar surface area (TPSA) is 98.7 Å². The van der Waals surface area contributed by atoms with Crippen molar-refractivity contribution in [2.45, 2.75) is 26.7 Å². The molecule has 0 saturated heterocycles. The average Bonchev–Trinajstić information content (AvgIpc) is 3.40. The normalized spacial score (nSPS) is 11.0. The molecule has 3 aromatic heterocycles. The summed E-state index contributed by atoms with van der Waals surface area (Å²) in [7, 11) is 0. The lowest BCUT2D eigenvalue weighted by molar-refractivity contribution is 0.102. The van der Waals surface area contributed by atoms with Gasteiger partial charge in [-0.25, -0.2) is 9.97 Å². The first-order valence-electron chi connectivity index (χ1n) is 9.22. The molecule has 0 spiro atoms. The number of benzene rings is 1. The van der Waals surface area contributed by atoms with Crippen molar-refractivity contribution in [2.75, 3.05) is 5.32 Å². The van der Waals surface area contributed by atoms with E-state index in [4.69, 9.17) is 4.52 Å².